The molecular formula is C85H54N6. The van der Waals surface area contributed by atoms with Crippen LogP contribution in [0.25, 0.3) is 176 Å². The van der Waals surface area contributed by atoms with E-state index < -0.39 is 0 Å². The molecule has 20 aromatic rings. The molecule has 0 unspecified atom stereocenters. The van der Waals surface area contributed by atoms with E-state index in [0.29, 0.717) is 0 Å². The van der Waals surface area contributed by atoms with E-state index in [4.69, 9.17) is 0 Å². The lowest BCUT2D eigenvalue weighted by atomic mass is 9.94. The fourth-order valence-corrected chi connectivity index (χ4v) is 16.1. The third-order valence-corrected chi connectivity index (χ3v) is 19.6. The second-order valence-electron chi connectivity index (χ2n) is 24.4. The zero-order chi connectivity index (χ0) is 59.6. The van der Waals surface area contributed by atoms with Crippen molar-refractivity contribution in [1.82, 2.24) is 27.4 Å². The molecule has 20 rings (SSSR count). The van der Waals surface area contributed by atoms with Crippen molar-refractivity contribution in [2.45, 2.75) is 6.92 Å². The van der Waals surface area contributed by atoms with Crippen molar-refractivity contribution >= 4 is 131 Å². The van der Waals surface area contributed by atoms with Crippen molar-refractivity contribution in [1.29, 1.82) is 0 Å². The van der Waals surface area contributed by atoms with Gasteiger partial charge in [0.2, 0.25) is 0 Å². The van der Waals surface area contributed by atoms with Crippen LogP contribution in [0.4, 0.5) is 0 Å². The summed E-state index contributed by atoms with van der Waals surface area (Å²) < 4.78 is 15.8. The number of aromatic nitrogens is 6. The molecule has 14 aromatic carbocycles. The van der Waals surface area contributed by atoms with Crippen molar-refractivity contribution in [2.24, 2.45) is 0 Å². The standard InChI is InChI=1S/C85H54N6/c1-53-26-25-27-54(52-53)78-81(87-67-40-15-5-30-56(67)57-31-6-16-41-68(57)87)83(89-71-44-19-9-34-60(71)61-35-10-20-45-72(61)89)85(91-75-48-23-13-38-64(75)65-50-51-77-79(80(65)91)66-39-14-24-49-76(66)86(77)55-28-3-2-4-29-55)84(90-73-46-21-11-36-62(73)63-37-12-22-47-74(63)90)82(78)88-69-42-17-7-32-58(69)59-33-8-18-43-70(59)88/h2-52H,1H3. The minimum Gasteiger partial charge on any atom is -0.309 e. The summed E-state index contributed by atoms with van der Waals surface area (Å²) in [5.41, 5.74) is 23.0. The number of rotatable bonds is 7. The molecule has 0 amide bonds. The molecule has 424 valence electrons. The molecule has 0 N–H and O–H groups in total. The average Bonchev–Trinajstić information content (AvgIpc) is 1.58. The Kier molecular flexibility index (Phi) is 10.4. The van der Waals surface area contributed by atoms with Gasteiger partial charge in [0.15, 0.2) is 0 Å². The van der Waals surface area contributed by atoms with Crippen molar-refractivity contribution < 1.29 is 0 Å². The molecule has 0 fully saturated rings. The van der Waals surface area contributed by atoms with E-state index in [1.165, 1.54) is 64.8 Å². The van der Waals surface area contributed by atoms with E-state index in [0.717, 1.165) is 117 Å². The Hall–Kier alpha value is -12.1. The highest BCUT2D eigenvalue weighted by atomic mass is 15.2. The lowest BCUT2D eigenvalue weighted by molar-refractivity contribution is 1.00. The molecule has 91 heavy (non-hydrogen) atoms. The number of benzene rings is 14. The summed E-state index contributed by atoms with van der Waals surface area (Å²) in [6.07, 6.45) is 0. The second kappa shape index (κ2) is 18.9. The Morgan fingerprint density at radius 2 is 0.495 bits per heavy atom. The molecule has 0 bridgehead atoms. The second-order valence-corrected chi connectivity index (χ2v) is 24.4. The number of hydrogen-bond donors (Lipinski definition) is 0. The molecule has 0 saturated carbocycles. The number of aryl methyl sites for hydroxylation is 1. The molecule has 0 aliphatic rings. The Labute approximate surface area is 522 Å². The van der Waals surface area contributed by atoms with Crippen LogP contribution in [0.5, 0.6) is 0 Å². The van der Waals surface area contributed by atoms with E-state index in [1.807, 2.05) is 0 Å². The molecule has 0 spiro atoms. The smallest absolute Gasteiger partial charge is 0.0991 e. The number of hydrogen-bond acceptors (Lipinski definition) is 0. The summed E-state index contributed by atoms with van der Waals surface area (Å²) >= 11 is 0. The molecule has 0 saturated heterocycles. The number of nitrogens with zero attached hydrogens (tertiary/aromatic N) is 6. The van der Waals surface area contributed by atoms with Crippen molar-refractivity contribution in [3.8, 4) is 45.3 Å². The van der Waals surface area contributed by atoms with Crippen LogP contribution < -0.4 is 0 Å². The fourth-order valence-electron chi connectivity index (χ4n) is 16.1. The first-order valence-corrected chi connectivity index (χ1v) is 31.4. The quantitative estimate of drug-likeness (QED) is 0.152. The first-order valence-electron chi connectivity index (χ1n) is 31.4. The van der Waals surface area contributed by atoms with Gasteiger partial charge in [0.05, 0.1) is 94.6 Å². The van der Waals surface area contributed by atoms with Crippen LogP contribution in [0.3, 0.4) is 0 Å². The zero-order valence-electron chi connectivity index (χ0n) is 49.6. The maximum atomic E-state index is 2.72. The molecule has 6 nitrogen and oxygen atoms in total. The van der Waals surface area contributed by atoms with Crippen LogP contribution in [-0.4, -0.2) is 27.4 Å². The van der Waals surface area contributed by atoms with Crippen molar-refractivity contribution in [3.05, 3.63) is 315 Å². The predicted molar refractivity (Wildman–Crippen MR) is 383 cm³/mol. The molecule has 6 heterocycles. The molecule has 6 heteroatoms. The monoisotopic (exact) mass is 1160 g/mol. The highest BCUT2D eigenvalue weighted by molar-refractivity contribution is 6.27. The van der Waals surface area contributed by atoms with Gasteiger partial charge in [0, 0.05) is 75.9 Å². The highest BCUT2D eigenvalue weighted by Gasteiger charge is 2.37. The van der Waals surface area contributed by atoms with E-state index in [1.54, 1.807) is 0 Å². The Morgan fingerprint density at radius 1 is 0.198 bits per heavy atom. The summed E-state index contributed by atoms with van der Waals surface area (Å²) in [5.74, 6) is 0. The average molecular weight is 1160 g/mol. The summed E-state index contributed by atoms with van der Waals surface area (Å²) in [6.45, 7) is 2.25. The highest BCUT2D eigenvalue weighted by Crippen LogP contribution is 2.55. The van der Waals surface area contributed by atoms with Crippen LogP contribution in [0.1, 0.15) is 5.56 Å². The molecule has 0 aliphatic carbocycles. The number of para-hydroxylation sites is 11. The van der Waals surface area contributed by atoms with Gasteiger partial charge >= 0.3 is 0 Å². The van der Waals surface area contributed by atoms with Crippen molar-refractivity contribution in [2.75, 3.05) is 0 Å². The van der Waals surface area contributed by atoms with E-state index >= 15 is 0 Å². The predicted octanol–water partition coefficient (Wildman–Crippen LogP) is 22.2. The van der Waals surface area contributed by atoms with Crippen LogP contribution in [0.2, 0.25) is 0 Å². The van der Waals surface area contributed by atoms with E-state index in [2.05, 4.69) is 344 Å². The normalized spacial score (nSPS) is 12.2. The van der Waals surface area contributed by atoms with Gasteiger partial charge in [-0.1, -0.05) is 236 Å². The molecule has 0 radical (unpaired) electrons. The summed E-state index contributed by atoms with van der Waals surface area (Å²) in [5, 5.41) is 14.1. The molecule has 0 aliphatic heterocycles. The van der Waals surface area contributed by atoms with Crippen LogP contribution in [0, 0.1) is 6.92 Å². The first-order chi connectivity index (χ1) is 45.2. The lowest BCUT2D eigenvalue weighted by Crippen LogP contribution is -2.18. The Balaban J connectivity index is 1.19. The van der Waals surface area contributed by atoms with Crippen LogP contribution >= 0.6 is 0 Å². The largest absolute Gasteiger partial charge is 0.309 e. The van der Waals surface area contributed by atoms with Gasteiger partial charge in [-0.3, -0.25) is 0 Å². The van der Waals surface area contributed by atoms with Gasteiger partial charge in [-0.05, 0) is 91.3 Å². The molecule has 6 aromatic heterocycles. The first kappa shape index (κ1) is 49.9. The molecule has 0 atom stereocenters. The van der Waals surface area contributed by atoms with Crippen molar-refractivity contribution in [3.63, 3.8) is 0 Å². The Morgan fingerprint density at radius 3 is 0.868 bits per heavy atom. The van der Waals surface area contributed by atoms with Gasteiger partial charge in [-0.2, -0.15) is 0 Å². The van der Waals surface area contributed by atoms with E-state index in [9.17, 15) is 0 Å². The van der Waals surface area contributed by atoms with Gasteiger partial charge in [-0.25, -0.2) is 0 Å². The number of fused-ring (bicyclic) bond motifs is 19. The summed E-state index contributed by atoms with van der Waals surface area (Å²) in [6, 6.07) is 116. The zero-order valence-corrected chi connectivity index (χ0v) is 49.6. The minimum atomic E-state index is 1.03. The van der Waals surface area contributed by atoms with Crippen LogP contribution in [0.15, 0.2) is 309 Å². The minimum absolute atomic E-state index is 1.03. The van der Waals surface area contributed by atoms with Gasteiger partial charge in [0.25, 0.3) is 0 Å². The maximum Gasteiger partial charge on any atom is 0.0991 e. The maximum absolute atomic E-state index is 2.72. The fraction of sp³-hybridized carbons (Fsp3) is 0.0118. The molecular weight excluding hydrogens is 1100 g/mol. The van der Waals surface area contributed by atoms with E-state index in [-0.39, 0.29) is 0 Å². The Bertz CT molecular complexity index is 6010. The SMILES string of the molecule is Cc1cccc(-c2c(-n3c4ccccc4c4ccccc43)c(-n3c4ccccc4c4ccccc43)c(-n3c4ccccc4c4ccc5c(c6ccccc6n5-c5ccccc5)c43)c(-n3c4ccccc4c4ccccc43)c2-n2c3ccccc3c3ccccc32)c1. The third kappa shape index (κ3) is 6.80. The summed E-state index contributed by atoms with van der Waals surface area (Å²) in [7, 11) is 0. The lowest BCUT2D eigenvalue weighted by Gasteiger charge is -2.32. The van der Waals surface area contributed by atoms with Gasteiger partial charge in [-0.15, -0.1) is 0 Å². The van der Waals surface area contributed by atoms with Gasteiger partial charge in [0.1, 0.15) is 0 Å². The van der Waals surface area contributed by atoms with Gasteiger partial charge < -0.3 is 27.4 Å². The third-order valence-electron chi connectivity index (χ3n) is 19.6. The van der Waals surface area contributed by atoms with Crippen LogP contribution in [-0.2, 0) is 0 Å². The summed E-state index contributed by atoms with van der Waals surface area (Å²) in [4.78, 5) is 0. The topological polar surface area (TPSA) is 29.6 Å².